The number of amides is 2. The first-order chi connectivity index (χ1) is 12.1. The zero-order valence-electron chi connectivity index (χ0n) is 15.6. The normalized spacial score (nSPS) is 27.2. The van der Waals surface area contributed by atoms with E-state index in [1.54, 1.807) is 0 Å². The van der Waals surface area contributed by atoms with E-state index in [4.69, 9.17) is 0 Å². The zero-order chi connectivity index (χ0) is 17.6. The number of carbonyl (C=O) groups is 2. The Morgan fingerprint density at radius 3 is 2.44 bits per heavy atom. The highest BCUT2D eigenvalue weighted by Crippen LogP contribution is 2.26. The molecule has 0 aromatic heterocycles. The van der Waals surface area contributed by atoms with Crippen molar-refractivity contribution in [2.24, 2.45) is 5.92 Å². The van der Waals surface area contributed by atoms with Crippen LogP contribution in [0.5, 0.6) is 0 Å². The first-order valence-corrected chi connectivity index (χ1v) is 10.2. The lowest BCUT2D eigenvalue weighted by molar-refractivity contribution is -0.137. The summed E-state index contributed by atoms with van der Waals surface area (Å²) in [6.45, 7) is 7.09. The number of carbonyl (C=O) groups excluding carboxylic acids is 2. The molecule has 2 heterocycles. The Balaban J connectivity index is 1.38. The molecule has 0 bridgehead atoms. The minimum absolute atomic E-state index is 0.130. The summed E-state index contributed by atoms with van der Waals surface area (Å²) in [6, 6.07) is 0.635. The van der Waals surface area contributed by atoms with Crippen molar-refractivity contribution in [1.82, 2.24) is 20.4 Å². The SMILES string of the molecule is C[C@H]1CNCCN1CC(=O)NC1CCN(C(=O)C2CCCCC2)CC1. The Kier molecular flexibility index (Phi) is 6.70. The maximum Gasteiger partial charge on any atom is 0.234 e. The summed E-state index contributed by atoms with van der Waals surface area (Å²) >= 11 is 0. The predicted octanol–water partition coefficient (Wildman–Crippen LogP) is 0.968. The number of nitrogens with zero attached hydrogens (tertiary/aromatic N) is 2. The van der Waals surface area contributed by atoms with E-state index in [2.05, 4.69) is 22.5 Å². The van der Waals surface area contributed by atoms with Crippen LogP contribution in [0.15, 0.2) is 0 Å². The summed E-state index contributed by atoms with van der Waals surface area (Å²) in [5, 5.41) is 6.54. The Bertz CT molecular complexity index is 456. The molecule has 2 amide bonds. The highest BCUT2D eigenvalue weighted by molar-refractivity contribution is 5.79. The molecule has 142 valence electrons. The molecule has 3 aliphatic rings. The van der Waals surface area contributed by atoms with Crippen LogP contribution in [0.1, 0.15) is 51.9 Å². The minimum Gasteiger partial charge on any atom is -0.352 e. The maximum atomic E-state index is 12.6. The van der Waals surface area contributed by atoms with Crippen molar-refractivity contribution in [2.75, 3.05) is 39.3 Å². The molecule has 2 saturated heterocycles. The van der Waals surface area contributed by atoms with Crippen molar-refractivity contribution in [3.63, 3.8) is 0 Å². The fourth-order valence-electron chi connectivity index (χ4n) is 4.43. The van der Waals surface area contributed by atoms with Crippen LogP contribution in [-0.2, 0) is 9.59 Å². The summed E-state index contributed by atoms with van der Waals surface area (Å²) in [7, 11) is 0. The number of likely N-dealkylation sites (tertiary alicyclic amines) is 1. The summed E-state index contributed by atoms with van der Waals surface area (Å²) in [6.07, 6.45) is 7.60. The van der Waals surface area contributed by atoms with Crippen LogP contribution in [-0.4, -0.2) is 73.0 Å². The first kappa shape index (κ1) is 18.6. The third kappa shape index (κ3) is 5.17. The van der Waals surface area contributed by atoms with Gasteiger partial charge in [0.25, 0.3) is 0 Å². The first-order valence-electron chi connectivity index (χ1n) is 10.2. The van der Waals surface area contributed by atoms with E-state index in [1.165, 1.54) is 19.3 Å². The van der Waals surface area contributed by atoms with Crippen molar-refractivity contribution >= 4 is 11.8 Å². The third-order valence-corrected chi connectivity index (χ3v) is 6.11. The van der Waals surface area contributed by atoms with Crippen LogP contribution < -0.4 is 10.6 Å². The van der Waals surface area contributed by atoms with Crippen molar-refractivity contribution in [1.29, 1.82) is 0 Å². The van der Waals surface area contributed by atoms with E-state index < -0.39 is 0 Å². The number of rotatable bonds is 4. The number of nitrogens with one attached hydrogen (secondary N) is 2. The van der Waals surface area contributed by atoms with Gasteiger partial charge in [-0.25, -0.2) is 0 Å². The standard InChI is InChI=1S/C19H34N4O2/c1-15-13-20-9-12-23(15)14-18(24)21-17-7-10-22(11-8-17)19(25)16-5-3-2-4-6-16/h15-17,20H,2-14H2,1H3,(H,21,24)/t15-/m0/s1. The molecular formula is C19H34N4O2. The average Bonchev–Trinajstić information content (AvgIpc) is 2.64. The van der Waals surface area contributed by atoms with Gasteiger partial charge in [0.2, 0.25) is 11.8 Å². The molecular weight excluding hydrogens is 316 g/mol. The largest absolute Gasteiger partial charge is 0.352 e. The monoisotopic (exact) mass is 350 g/mol. The molecule has 0 spiro atoms. The molecule has 0 radical (unpaired) electrons. The molecule has 1 saturated carbocycles. The van der Waals surface area contributed by atoms with Crippen LogP contribution >= 0.6 is 0 Å². The van der Waals surface area contributed by atoms with Gasteiger partial charge in [-0.05, 0) is 32.6 Å². The molecule has 1 atom stereocenters. The van der Waals surface area contributed by atoms with Gasteiger partial charge in [-0.2, -0.15) is 0 Å². The summed E-state index contributed by atoms with van der Waals surface area (Å²) in [5.74, 6) is 0.749. The Labute approximate surface area is 151 Å². The van der Waals surface area contributed by atoms with Crippen LogP contribution in [0, 0.1) is 5.92 Å². The van der Waals surface area contributed by atoms with E-state index in [-0.39, 0.29) is 17.9 Å². The van der Waals surface area contributed by atoms with Gasteiger partial charge in [-0.1, -0.05) is 19.3 Å². The second-order valence-electron chi connectivity index (χ2n) is 8.03. The molecule has 0 aromatic carbocycles. The van der Waals surface area contributed by atoms with Gasteiger partial charge in [0.15, 0.2) is 0 Å². The smallest absolute Gasteiger partial charge is 0.234 e. The van der Waals surface area contributed by atoms with Crippen molar-refractivity contribution in [3.8, 4) is 0 Å². The van der Waals surface area contributed by atoms with Crippen LogP contribution in [0.25, 0.3) is 0 Å². The summed E-state index contributed by atoms with van der Waals surface area (Å²) < 4.78 is 0. The van der Waals surface area contributed by atoms with E-state index >= 15 is 0 Å². The third-order valence-electron chi connectivity index (χ3n) is 6.11. The predicted molar refractivity (Wildman–Crippen MR) is 98.2 cm³/mol. The van der Waals surface area contributed by atoms with Crippen molar-refractivity contribution in [3.05, 3.63) is 0 Å². The van der Waals surface area contributed by atoms with E-state index in [1.807, 2.05) is 4.90 Å². The second kappa shape index (κ2) is 8.99. The molecule has 1 aliphatic carbocycles. The molecule has 2 N–H and O–H groups in total. The van der Waals surface area contributed by atoms with Gasteiger partial charge in [-0.3, -0.25) is 14.5 Å². The van der Waals surface area contributed by atoms with Crippen LogP contribution in [0.3, 0.4) is 0 Å². The van der Waals surface area contributed by atoms with Gasteiger partial charge in [0, 0.05) is 50.7 Å². The average molecular weight is 351 g/mol. The van der Waals surface area contributed by atoms with Gasteiger partial charge in [-0.15, -0.1) is 0 Å². The fourth-order valence-corrected chi connectivity index (χ4v) is 4.43. The van der Waals surface area contributed by atoms with E-state index in [9.17, 15) is 9.59 Å². The Morgan fingerprint density at radius 1 is 1.04 bits per heavy atom. The lowest BCUT2D eigenvalue weighted by Crippen LogP contribution is -2.54. The maximum absolute atomic E-state index is 12.6. The highest BCUT2D eigenvalue weighted by atomic mass is 16.2. The Morgan fingerprint density at radius 2 is 1.76 bits per heavy atom. The van der Waals surface area contributed by atoms with E-state index in [0.717, 1.165) is 58.4 Å². The molecule has 3 rings (SSSR count). The topological polar surface area (TPSA) is 64.7 Å². The number of hydrogen-bond acceptors (Lipinski definition) is 4. The lowest BCUT2D eigenvalue weighted by atomic mass is 9.87. The van der Waals surface area contributed by atoms with Crippen LogP contribution in [0.2, 0.25) is 0 Å². The second-order valence-corrected chi connectivity index (χ2v) is 8.03. The van der Waals surface area contributed by atoms with E-state index in [0.29, 0.717) is 18.5 Å². The number of piperidine rings is 1. The molecule has 0 unspecified atom stereocenters. The molecule has 2 aliphatic heterocycles. The van der Waals surface area contributed by atoms with Gasteiger partial charge >= 0.3 is 0 Å². The lowest BCUT2D eigenvalue weighted by Gasteiger charge is -2.36. The zero-order valence-corrected chi connectivity index (χ0v) is 15.6. The fraction of sp³-hybridized carbons (Fsp3) is 0.895. The van der Waals surface area contributed by atoms with Gasteiger partial charge in [0.05, 0.1) is 6.54 Å². The molecule has 3 fully saturated rings. The van der Waals surface area contributed by atoms with Gasteiger partial charge < -0.3 is 15.5 Å². The summed E-state index contributed by atoms with van der Waals surface area (Å²) in [4.78, 5) is 29.2. The number of piperazine rings is 1. The Hall–Kier alpha value is -1.14. The summed E-state index contributed by atoms with van der Waals surface area (Å²) in [5.41, 5.74) is 0. The van der Waals surface area contributed by atoms with Crippen molar-refractivity contribution < 1.29 is 9.59 Å². The minimum atomic E-state index is 0.130. The highest BCUT2D eigenvalue weighted by Gasteiger charge is 2.30. The number of hydrogen-bond donors (Lipinski definition) is 2. The van der Waals surface area contributed by atoms with Crippen molar-refractivity contribution in [2.45, 2.75) is 64.0 Å². The molecule has 0 aromatic rings. The quantitative estimate of drug-likeness (QED) is 0.793. The van der Waals surface area contributed by atoms with Gasteiger partial charge in [0.1, 0.15) is 0 Å². The molecule has 6 heteroatoms. The molecule has 6 nitrogen and oxygen atoms in total. The van der Waals surface area contributed by atoms with Crippen LogP contribution in [0.4, 0.5) is 0 Å². The molecule has 25 heavy (non-hydrogen) atoms.